The normalized spacial score (nSPS) is 12.0. The van der Waals surface area contributed by atoms with Gasteiger partial charge in [0.2, 0.25) is 10.0 Å². The Kier molecular flexibility index (Phi) is 5.15. The molecule has 1 amide bonds. The molecule has 0 aliphatic carbocycles. The van der Waals surface area contributed by atoms with Crippen molar-refractivity contribution in [2.75, 3.05) is 12.4 Å². The topological polar surface area (TPSA) is 79.6 Å². The van der Waals surface area contributed by atoms with Gasteiger partial charge in [0.15, 0.2) is 0 Å². The molecule has 0 saturated carbocycles. The van der Waals surface area contributed by atoms with Crippen molar-refractivity contribution in [1.82, 2.24) is 4.31 Å². The third-order valence-corrected chi connectivity index (χ3v) is 5.85. The highest BCUT2D eigenvalue weighted by atomic mass is 32.2. The summed E-state index contributed by atoms with van der Waals surface area (Å²) in [5.41, 5.74) is 0.980. The minimum atomic E-state index is -3.53. The number of nitrogens with one attached hydrogen (secondary N) is 1. The van der Waals surface area contributed by atoms with Crippen LogP contribution in [0.25, 0.3) is 0 Å². The lowest BCUT2D eigenvalue weighted by Crippen LogP contribution is -2.33. The monoisotopic (exact) mass is 350 g/mol. The van der Waals surface area contributed by atoms with E-state index in [0.717, 1.165) is 0 Å². The highest BCUT2D eigenvalue weighted by molar-refractivity contribution is 7.89. The molecule has 1 aromatic heterocycles. The van der Waals surface area contributed by atoms with Crippen molar-refractivity contribution >= 4 is 21.6 Å². The van der Waals surface area contributed by atoms with Crippen molar-refractivity contribution in [3.05, 3.63) is 47.4 Å². The summed E-state index contributed by atoms with van der Waals surface area (Å²) >= 11 is 0. The van der Waals surface area contributed by atoms with Crippen molar-refractivity contribution in [3.63, 3.8) is 0 Å². The van der Waals surface area contributed by atoms with Gasteiger partial charge in [-0.15, -0.1) is 0 Å². The van der Waals surface area contributed by atoms with E-state index in [1.807, 2.05) is 0 Å². The average Bonchev–Trinajstić information content (AvgIpc) is 2.85. The molecule has 0 spiro atoms. The fraction of sp³-hybridized carbons (Fsp3) is 0.353. The number of amides is 1. The van der Waals surface area contributed by atoms with Gasteiger partial charge < -0.3 is 9.73 Å². The van der Waals surface area contributed by atoms with Gasteiger partial charge in [-0.1, -0.05) is 0 Å². The molecule has 0 atom stereocenters. The van der Waals surface area contributed by atoms with E-state index in [0.29, 0.717) is 22.8 Å². The van der Waals surface area contributed by atoms with Crippen LogP contribution >= 0.6 is 0 Å². The molecule has 24 heavy (non-hydrogen) atoms. The van der Waals surface area contributed by atoms with E-state index in [-0.39, 0.29) is 16.8 Å². The van der Waals surface area contributed by atoms with Crippen LogP contribution in [0.5, 0.6) is 0 Å². The Morgan fingerprint density at radius 3 is 2.21 bits per heavy atom. The van der Waals surface area contributed by atoms with Gasteiger partial charge >= 0.3 is 0 Å². The first kappa shape index (κ1) is 18.2. The lowest BCUT2D eigenvalue weighted by molar-refractivity contribution is 0.102. The molecule has 2 rings (SSSR count). The summed E-state index contributed by atoms with van der Waals surface area (Å²) in [6, 6.07) is 7.64. The molecule has 0 radical (unpaired) electrons. The zero-order valence-corrected chi connectivity index (χ0v) is 15.3. The summed E-state index contributed by atoms with van der Waals surface area (Å²) in [6.45, 7) is 7.11. The predicted octanol–water partition coefficient (Wildman–Crippen LogP) is 3.18. The standard InChI is InChI=1S/C17H22N2O4S/c1-11(2)19(5)24(21,22)15-8-6-14(7-9-15)18-17(20)16-10-12(3)23-13(16)4/h6-11H,1-5H3,(H,18,20). The second-order valence-corrected chi connectivity index (χ2v) is 7.92. The molecule has 0 fully saturated rings. The maximum absolute atomic E-state index is 12.4. The van der Waals surface area contributed by atoms with E-state index in [1.54, 1.807) is 52.9 Å². The number of aryl methyl sites for hydroxylation is 2. The van der Waals surface area contributed by atoms with Crippen molar-refractivity contribution in [1.29, 1.82) is 0 Å². The first-order valence-electron chi connectivity index (χ1n) is 7.59. The second kappa shape index (κ2) is 6.78. The number of sulfonamides is 1. The van der Waals surface area contributed by atoms with Gasteiger partial charge in [0, 0.05) is 18.8 Å². The van der Waals surface area contributed by atoms with Crippen molar-refractivity contribution in [3.8, 4) is 0 Å². The number of rotatable bonds is 5. The molecule has 2 aromatic rings. The van der Waals surface area contributed by atoms with Crippen LogP contribution in [0.15, 0.2) is 39.6 Å². The summed E-state index contributed by atoms with van der Waals surface area (Å²) in [5, 5.41) is 2.74. The molecule has 0 aliphatic heterocycles. The number of hydrogen-bond acceptors (Lipinski definition) is 4. The van der Waals surface area contributed by atoms with Gasteiger partial charge in [-0.3, -0.25) is 4.79 Å². The Morgan fingerprint density at radius 1 is 1.17 bits per heavy atom. The van der Waals surface area contributed by atoms with Gasteiger partial charge in [-0.25, -0.2) is 8.42 Å². The van der Waals surface area contributed by atoms with Gasteiger partial charge in [-0.05, 0) is 58.0 Å². The number of furan rings is 1. The molecule has 7 heteroatoms. The van der Waals surface area contributed by atoms with E-state index in [4.69, 9.17) is 4.42 Å². The van der Waals surface area contributed by atoms with E-state index in [2.05, 4.69) is 5.32 Å². The van der Waals surface area contributed by atoms with Crippen LogP contribution in [0, 0.1) is 13.8 Å². The smallest absolute Gasteiger partial charge is 0.259 e. The molecule has 6 nitrogen and oxygen atoms in total. The first-order chi connectivity index (χ1) is 11.1. The Morgan fingerprint density at radius 2 is 1.75 bits per heavy atom. The summed E-state index contributed by atoms with van der Waals surface area (Å²) in [4.78, 5) is 12.4. The van der Waals surface area contributed by atoms with Crippen LogP contribution in [0.1, 0.15) is 35.7 Å². The molecule has 0 unspecified atom stereocenters. The highest BCUT2D eigenvalue weighted by Gasteiger charge is 2.23. The predicted molar refractivity (Wildman–Crippen MR) is 92.7 cm³/mol. The Bertz CT molecular complexity index is 836. The number of carbonyl (C=O) groups excluding carboxylic acids is 1. The summed E-state index contributed by atoms with van der Waals surface area (Å²) in [5.74, 6) is 0.915. The number of anilines is 1. The first-order valence-corrected chi connectivity index (χ1v) is 9.03. The highest BCUT2D eigenvalue weighted by Crippen LogP contribution is 2.20. The van der Waals surface area contributed by atoms with Gasteiger partial charge in [-0.2, -0.15) is 4.31 Å². The summed E-state index contributed by atoms with van der Waals surface area (Å²) in [6.07, 6.45) is 0. The molecular weight excluding hydrogens is 328 g/mol. The van der Waals surface area contributed by atoms with Crippen LogP contribution in [-0.4, -0.2) is 31.7 Å². The third-order valence-electron chi connectivity index (χ3n) is 3.80. The minimum Gasteiger partial charge on any atom is -0.466 e. The quantitative estimate of drug-likeness (QED) is 0.898. The Labute approximate surface area is 142 Å². The average molecular weight is 350 g/mol. The van der Waals surface area contributed by atoms with Crippen LogP contribution < -0.4 is 5.32 Å². The maximum Gasteiger partial charge on any atom is 0.259 e. The van der Waals surface area contributed by atoms with Gasteiger partial charge in [0.05, 0.1) is 10.5 Å². The lowest BCUT2D eigenvalue weighted by atomic mass is 10.2. The van der Waals surface area contributed by atoms with Crippen LogP contribution in [0.2, 0.25) is 0 Å². The lowest BCUT2D eigenvalue weighted by Gasteiger charge is -2.21. The van der Waals surface area contributed by atoms with Gasteiger partial charge in [0.1, 0.15) is 11.5 Å². The zero-order chi connectivity index (χ0) is 18.1. The van der Waals surface area contributed by atoms with E-state index >= 15 is 0 Å². The minimum absolute atomic E-state index is 0.137. The Balaban J connectivity index is 2.18. The van der Waals surface area contributed by atoms with E-state index in [9.17, 15) is 13.2 Å². The molecule has 0 aliphatic rings. The van der Waals surface area contributed by atoms with E-state index in [1.165, 1.54) is 16.4 Å². The number of carbonyl (C=O) groups is 1. The second-order valence-electron chi connectivity index (χ2n) is 5.92. The number of hydrogen-bond donors (Lipinski definition) is 1. The largest absolute Gasteiger partial charge is 0.466 e. The molecule has 1 N–H and O–H groups in total. The van der Waals surface area contributed by atoms with Crippen LogP contribution in [-0.2, 0) is 10.0 Å². The van der Waals surface area contributed by atoms with Crippen LogP contribution in [0.4, 0.5) is 5.69 Å². The van der Waals surface area contributed by atoms with Crippen molar-refractivity contribution < 1.29 is 17.6 Å². The molecule has 1 aromatic carbocycles. The SMILES string of the molecule is Cc1cc(C(=O)Nc2ccc(S(=O)(=O)N(C)C(C)C)cc2)c(C)o1. The molecular formula is C17H22N2O4S. The fourth-order valence-corrected chi connectivity index (χ4v) is 3.58. The van der Waals surface area contributed by atoms with Crippen molar-refractivity contribution in [2.24, 2.45) is 0 Å². The van der Waals surface area contributed by atoms with E-state index < -0.39 is 10.0 Å². The molecule has 130 valence electrons. The zero-order valence-electron chi connectivity index (χ0n) is 14.5. The Hall–Kier alpha value is -2.12. The molecule has 0 bridgehead atoms. The third kappa shape index (κ3) is 3.68. The molecule has 0 saturated heterocycles. The molecule has 1 heterocycles. The number of benzene rings is 1. The van der Waals surface area contributed by atoms with Gasteiger partial charge in [0.25, 0.3) is 5.91 Å². The summed E-state index contributed by atoms with van der Waals surface area (Å²) < 4.78 is 31.4. The van der Waals surface area contributed by atoms with Crippen LogP contribution in [0.3, 0.4) is 0 Å². The summed E-state index contributed by atoms with van der Waals surface area (Å²) in [7, 11) is -1.99. The van der Waals surface area contributed by atoms with Crippen molar-refractivity contribution in [2.45, 2.75) is 38.6 Å². The number of nitrogens with zero attached hydrogens (tertiary/aromatic N) is 1. The maximum atomic E-state index is 12.4. The fourth-order valence-electron chi connectivity index (χ4n) is 2.21.